The number of allylic oxidation sites excluding steroid dienone is 1. The molecule has 3 aromatic rings. The lowest BCUT2D eigenvalue weighted by atomic mass is 10.0. The van der Waals surface area contributed by atoms with Crippen LogP contribution in [0.15, 0.2) is 51.9 Å². The number of unbranched alkanes of at least 4 members (excludes halogenated alkanes) is 1. The number of carbonyl (C=O) groups excluding carboxylic acids is 1. The standard InChI is InChI=1S/C26H28BrFN2O4/c1-5-7-12-34-24-20(26(32)33-6-2)25(31)30(15-16(3)4)23-21(27)18(14-29-22(23)24)13-17-8-10-19(28)11-9-17/h8-11,14H,3,5-7,12-13,15H2,1-2,4H3. The largest absolute Gasteiger partial charge is 0.490 e. The highest BCUT2D eigenvalue weighted by Crippen LogP contribution is 2.34. The fourth-order valence-electron chi connectivity index (χ4n) is 3.59. The van der Waals surface area contributed by atoms with Crippen molar-refractivity contribution in [2.75, 3.05) is 13.2 Å². The van der Waals surface area contributed by atoms with Gasteiger partial charge in [0.05, 0.1) is 18.7 Å². The number of ether oxygens (including phenoxy) is 2. The zero-order chi connectivity index (χ0) is 24.8. The Labute approximate surface area is 206 Å². The molecule has 0 N–H and O–H groups in total. The van der Waals surface area contributed by atoms with Gasteiger partial charge in [0.2, 0.25) is 0 Å². The fraction of sp³-hybridized carbons (Fsp3) is 0.346. The molecular weight excluding hydrogens is 503 g/mol. The van der Waals surface area contributed by atoms with Gasteiger partial charge in [-0.2, -0.15) is 0 Å². The molecule has 3 rings (SSSR count). The number of hydrogen-bond acceptors (Lipinski definition) is 5. The van der Waals surface area contributed by atoms with Crippen LogP contribution in [-0.4, -0.2) is 28.7 Å². The van der Waals surface area contributed by atoms with Gasteiger partial charge in [-0.1, -0.05) is 37.6 Å². The predicted molar refractivity (Wildman–Crippen MR) is 134 cm³/mol. The molecule has 0 saturated heterocycles. The van der Waals surface area contributed by atoms with E-state index in [2.05, 4.69) is 27.5 Å². The van der Waals surface area contributed by atoms with E-state index in [0.29, 0.717) is 28.5 Å². The Morgan fingerprint density at radius 2 is 1.94 bits per heavy atom. The highest BCUT2D eigenvalue weighted by atomic mass is 79.9. The average molecular weight is 531 g/mol. The van der Waals surface area contributed by atoms with Gasteiger partial charge in [0, 0.05) is 23.6 Å². The third kappa shape index (κ3) is 5.55. The number of halogens is 2. The Morgan fingerprint density at radius 1 is 1.24 bits per heavy atom. The highest BCUT2D eigenvalue weighted by molar-refractivity contribution is 9.10. The minimum atomic E-state index is -0.746. The molecule has 0 bridgehead atoms. The Bertz CT molecular complexity index is 1270. The van der Waals surface area contributed by atoms with E-state index in [1.807, 2.05) is 6.92 Å². The Balaban J connectivity index is 2.29. The van der Waals surface area contributed by atoms with Gasteiger partial charge in [0.15, 0.2) is 11.3 Å². The topological polar surface area (TPSA) is 70.4 Å². The third-order valence-electron chi connectivity index (χ3n) is 5.19. The smallest absolute Gasteiger partial charge is 0.347 e. The van der Waals surface area contributed by atoms with Crippen molar-refractivity contribution in [1.82, 2.24) is 9.55 Å². The van der Waals surface area contributed by atoms with Crippen molar-refractivity contribution >= 4 is 32.9 Å². The van der Waals surface area contributed by atoms with Gasteiger partial charge < -0.3 is 14.0 Å². The van der Waals surface area contributed by atoms with Crippen molar-refractivity contribution in [1.29, 1.82) is 0 Å². The molecule has 0 aliphatic carbocycles. The van der Waals surface area contributed by atoms with Crippen LogP contribution in [0.4, 0.5) is 4.39 Å². The Hall–Kier alpha value is -3.00. The summed E-state index contributed by atoms with van der Waals surface area (Å²) in [6.45, 7) is 10.1. The molecule has 0 aliphatic rings. The number of benzene rings is 1. The summed E-state index contributed by atoms with van der Waals surface area (Å²) in [5.74, 6) is -0.932. The summed E-state index contributed by atoms with van der Waals surface area (Å²) in [7, 11) is 0. The van der Waals surface area contributed by atoms with Crippen LogP contribution in [0, 0.1) is 5.82 Å². The number of fused-ring (bicyclic) bond motifs is 1. The van der Waals surface area contributed by atoms with Crippen LogP contribution in [0.1, 0.15) is 55.1 Å². The molecule has 0 aliphatic heterocycles. The van der Waals surface area contributed by atoms with E-state index in [0.717, 1.165) is 29.5 Å². The maximum Gasteiger partial charge on any atom is 0.347 e. The van der Waals surface area contributed by atoms with Crippen LogP contribution in [0.25, 0.3) is 11.0 Å². The van der Waals surface area contributed by atoms with Crippen LogP contribution in [0.5, 0.6) is 5.75 Å². The van der Waals surface area contributed by atoms with Gasteiger partial charge in [0.1, 0.15) is 11.3 Å². The minimum Gasteiger partial charge on any atom is -0.490 e. The second kappa shape index (κ2) is 11.4. The lowest BCUT2D eigenvalue weighted by molar-refractivity contribution is 0.0519. The van der Waals surface area contributed by atoms with Gasteiger partial charge in [-0.15, -0.1) is 0 Å². The maximum absolute atomic E-state index is 13.6. The molecule has 8 heteroatoms. The predicted octanol–water partition coefficient (Wildman–Crippen LogP) is 5.82. The first-order chi connectivity index (χ1) is 16.3. The SMILES string of the molecule is C=C(C)Cn1c(=O)c(C(=O)OCC)c(OCCCC)c2ncc(Cc3ccc(F)cc3)c(Br)c21. The van der Waals surface area contributed by atoms with Gasteiger partial charge >= 0.3 is 5.97 Å². The van der Waals surface area contributed by atoms with Crippen molar-refractivity contribution < 1.29 is 18.7 Å². The minimum absolute atomic E-state index is 0.124. The number of hydrogen-bond donors (Lipinski definition) is 0. The first-order valence-electron chi connectivity index (χ1n) is 11.2. The lowest BCUT2D eigenvalue weighted by Crippen LogP contribution is -2.30. The molecule has 34 heavy (non-hydrogen) atoms. The monoisotopic (exact) mass is 530 g/mol. The first kappa shape index (κ1) is 25.6. The number of nitrogens with zero attached hydrogens (tertiary/aromatic N) is 2. The maximum atomic E-state index is 13.6. The van der Waals surface area contributed by atoms with Gasteiger partial charge in [-0.25, -0.2) is 9.18 Å². The van der Waals surface area contributed by atoms with Crippen molar-refractivity contribution in [2.45, 2.75) is 46.6 Å². The molecule has 180 valence electrons. The Kier molecular flexibility index (Phi) is 8.61. The quantitative estimate of drug-likeness (QED) is 0.187. The zero-order valence-corrected chi connectivity index (χ0v) is 21.2. The summed E-state index contributed by atoms with van der Waals surface area (Å²) < 4.78 is 26.6. The number of aromatic nitrogens is 2. The van der Waals surface area contributed by atoms with Crippen LogP contribution in [0.2, 0.25) is 0 Å². The Morgan fingerprint density at radius 3 is 2.56 bits per heavy atom. The molecule has 0 unspecified atom stereocenters. The normalized spacial score (nSPS) is 11.0. The summed E-state index contributed by atoms with van der Waals surface area (Å²) in [6, 6.07) is 6.21. The number of esters is 1. The van der Waals surface area contributed by atoms with E-state index in [4.69, 9.17) is 9.47 Å². The highest BCUT2D eigenvalue weighted by Gasteiger charge is 2.27. The summed E-state index contributed by atoms with van der Waals surface area (Å²) in [5, 5.41) is 0. The lowest BCUT2D eigenvalue weighted by Gasteiger charge is -2.19. The average Bonchev–Trinajstić information content (AvgIpc) is 2.79. The van der Waals surface area contributed by atoms with E-state index in [9.17, 15) is 14.0 Å². The van der Waals surface area contributed by atoms with Crippen LogP contribution >= 0.6 is 15.9 Å². The molecule has 0 spiro atoms. The summed E-state index contributed by atoms with van der Waals surface area (Å²) >= 11 is 3.66. The van der Waals surface area contributed by atoms with Gasteiger partial charge in [-0.3, -0.25) is 9.78 Å². The van der Waals surface area contributed by atoms with Crippen LogP contribution in [-0.2, 0) is 17.7 Å². The van der Waals surface area contributed by atoms with E-state index < -0.39 is 11.5 Å². The van der Waals surface area contributed by atoms with Crippen LogP contribution < -0.4 is 10.3 Å². The molecule has 0 saturated carbocycles. The zero-order valence-electron chi connectivity index (χ0n) is 19.6. The van der Waals surface area contributed by atoms with Crippen molar-refractivity contribution in [2.24, 2.45) is 0 Å². The fourth-order valence-corrected chi connectivity index (χ4v) is 4.23. The molecule has 1 aromatic carbocycles. The molecule has 0 amide bonds. The second-order valence-electron chi connectivity index (χ2n) is 8.07. The van der Waals surface area contributed by atoms with Crippen molar-refractivity contribution in [3.8, 4) is 5.75 Å². The number of rotatable bonds is 10. The molecule has 6 nitrogen and oxygen atoms in total. The van der Waals surface area contributed by atoms with E-state index in [1.54, 1.807) is 32.2 Å². The van der Waals surface area contributed by atoms with Crippen molar-refractivity contribution in [3.63, 3.8) is 0 Å². The molecule has 0 radical (unpaired) electrons. The summed E-state index contributed by atoms with van der Waals surface area (Å²) in [4.78, 5) is 31.0. The number of pyridine rings is 2. The summed E-state index contributed by atoms with van der Waals surface area (Å²) in [5.41, 5.74) is 2.62. The van der Waals surface area contributed by atoms with Crippen LogP contribution in [0.3, 0.4) is 0 Å². The van der Waals surface area contributed by atoms with E-state index in [-0.39, 0.29) is 30.3 Å². The van der Waals surface area contributed by atoms with Gasteiger partial charge in [0.25, 0.3) is 5.56 Å². The van der Waals surface area contributed by atoms with Crippen molar-refractivity contribution in [3.05, 3.63) is 79.9 Å². The third-order valence-corrected chi connectivity index (χ3v) is 6.08. The van der Waals surface area contributed by atoms with Gasteiger partial charge in [-0.05, 0) is 59.5 Å². The molecule has 2 aromatic heterocycles. The van der Waals surface area contributed by atoms with E-state index in [1.165, 1.54) is 16.7 Å². The second-order valence-corrected chi connectivity index (χ2v) is 8.87. The molecule has 0 atom stereocenters. The molecule has 2 heterocycles. The summed E-state index contributed by atoms with van der Waals surface area (Å²) in [6.07, 6.45) is 3.78. The molecule has 0 fully saturated rings. The number of carbonyl (C=O) groups is 1. The molecular formula is C26H28BrFN2O4. The van der Waals surface area contributed by atoms with E-state index >= 15 is 0 Å². The first-order valence-corrected chi connectivity index (χ1v) is 12.0.